The zero-order valence-electron chi connectivity index (χ0n) is 12.5. The van der Waals surface area contributed by atoms with E-state index in [1.165, 1.54) is 18.3 Å². The molecule has 2 rings (SSSR count). The number of rotatable bonds is 6. The summed E-state index contributed by atoms with van der Waals surface area (Å²) in [6.07, 6.45) is -2.80. The van der Waals surface area contributed by atoms with E-state index in [-0.39, 0.29) is 10.7 Å². The van der Waals surface area contributed by atoms with Gasteiger partial charge in [0.1, 0.15) is 5.69 Å². The maximum absolute atomic E-state index is 13.9. The third-order valence-corrected chi connectivity index (χ3v) is 3.90. The SMILES string of the molecule is O=C(C[C@@](C[N+](=O)[O-])(c1ccc(Cl)cc1)C(F)(F)F)c1cnccn1. The quantitative estimate of drug-likeness (QED) is 0.439. The molecule has 0 fully saturated rings. The van der Waals surface area contributed by atoms with Crippen LogP contribution in [0.15, 0.2) is 42.9 Å². The Morgan fingerprint density at radius 3 is 2.32 bits per heavy atom. The number of hydrogen-bond donors (Lipinski definition) is 0. The Kier molecular flexibility index (Phi) is 5.36. The fraction of sp³-hybridized carbons (Fsp3) is 0.267. The molecule has 0 radical (unpaired) electrons. The monoisotopic (exact) mass is 373 g/mol. The lowest BCUT2D eigenvalue weighted by Crippen LogP contribution is -2.49. The van der Waals surface area contributed by atoms with Crippen molar-refractivity contribution in [2.75, 3.05) is 6.54 Å². The van der Waals surface area contributed by atoms with E-state index >= 15 is 0 Å². The number of benzene rings is 1. The molecule has 132 valence electrons. The molecule has 6 nitrogen and oxygen atoms in total. The first-order chi connectivity index (χ1) is 11.7. The van der Waals surface area contributed by atoms with E-state index in [1.807, 2.05) is 0 Å². The molecule has 0 aliphatic carbocycles. The Balaban J connectivity index is 2.55. The molecular formula is C15H11ClF3N3O3. The first-order valence-corrected chi connectivity index (χ1v) is 7.27. The van der Waals surface area contributed by atoms with Crippen LogP contribution in [0.3, 0.4) is 0 Å². The fourth-order valence-electron chi connectivity index (χ4n) is 2.40. The molecule has 0 saturated heterocycles. The molecule has 0 unspecified atom stereocenters. The summed E-state index contributed by atoms with van der Waals surface area (Å²) in [4.78, 5) is 29.4. The molecule has 2 aromatic rings. The van der Waals surface area contributed by atoms with Crippen LogP contribution in [0.2, 0.25) is 5.02 Å². The van der Waals surface area contributed by atoms with Gasteiger partial charge in [-0.05, 0) is 17.7 Å². The summed E-state index contributed by atoms with van der Waals surface area (Å²) in [5.74, 6) is -0.998. The molecule has 0 aliphatic heterocycles. The van der Waals surface area contributed by atoms with Crippen LogP contribution in [-0.2, 0) is 5.41 Å². The van der Waals surface area contributed by atoms with Crippen LogP contribution >= 0.6 is 11.6 Å². The second-order valence-corrected chi connectivity index (χ2v) is 5.70. The number of alkyl halides is 3. The number of hydrogen-bond acceptors (Lipinski definition) is 5. The van der Waals surface area contributed by atoms with Crippen molar-refractivity contribution in [1.29, 1.82) is 0 Å². The van der Waals surface area contributed by atoms with E-state index in [0.29, 0.717) is 0 Å². The van der Waals surface area contributed by atoms with E-state index < -0.39 is 40.8 Å². The smallest absolute Gasteiger partial charge is 0.292 e. The standard InChI is InChI=1S/C15H11ClF3N3O3/c16-11-3-1-10(2-4-11)14(9-22(24)25,15(17,18)19)7-13(23)12-8-20-5-6-21-12/h1-6,8H,7,9H2/t14-/m1/s1. The van der Waals surface area contributed by atoms with Gasteiger partial charge in [0.25, 0.3) is 0 Å². The molecule has 0 N–H and O–H groups in total. The van der Waals surface area contributed by atoms with Gasteiger partial charge in [-0.25, -0.2) is 4.98 Å². The average Bonchev–Trinajstić information content (AvgIpc) is 2.54. The number of halogens is 4. The van der Waals surface area contributed by atoms with Gasteiger partial charge in [-0.3, -0.25) is 19.9 Å². The molecule has 10 heteroatoms. The largest absolute Gasteiger partial charge is 0.405 e. The molecule has 1 atom stereocenters. The highest BCUT2D eigenvalue weighted by Crippen LogP contribution is 2.45. The van der Waals surface area contributed by atoms with Gasteiger partial charge in [0.15, 0.2) is 11.2 Å². The molecular weight excluding hydrogens is 363 g/mol. The summed E-state index contributed by atoms with van der Waals surface area (Å²) in [7, 11) is 0. The van der Waals surface area contributed by atoms with Crippen molar-refractivity contribution >= 4 is 17.4 Å². The number of carbonyl (C=O) groups is 1. The van der Waals surface area contributed by atoms with Gasteiger partial charge in [0, 0.05) is 28.8 Å². The summed E-state index contributed by atoms with van der Waals surface area (Å²) >= 11 is 5.68. The van der Waals surface area contributed by atoms with E-state index in [0.717, 1.165) is 24.5 Å². The number of Topliss-reactive ketones (excluding diaryl/α,β-unsaturated/α-hetero) is 1. The highest BCUT2D eigenvalue weighted by molar-refractivity contribution is 6.30. The Hall–Kier alpha value is -2.55. The zero-order valence-corrected chi connectivity index (χ0v) is 13.3. The summed E-state index contributed by atoms with van der Waals surface area (Å²) in [5.41, 5.74) is -3.72. The highest BCUT2D eigenvalue weighted by atomic mass is 35.5. The van der Waals surface area contributed by atoms with Crippen LogP contribution in [0.1, 0.15) is 22.5 Å². The fourth-order valence-corrected chi connectivity index (χ4v) is 2.53. The van der Waals surface area contributed by atoms with Gasteiger partial charge in [-0.2, -0.15) is 13.2 Å². The second-order valence-electron chi connectivity index (χ2n) is 5.27. The van der Waals surface area contributed by atoms with Gasteiger partial charge in [-0.15, -0.1) is 0 Å². The lowest BCUT2D eigenvalue weighted by atomic mass is 9.75. The van der Waals surface area contributed by atoms with Gasteiger partial charge in [-0.1, -0.05) is 23.7 Å². The van der Waals surface area contributed by atoms with Crippen LogP contribution in [-0.4, -0.2) is 33.4 Å². The molecule has 0 aliphatic rings. The van der Waals surface area contributed by atoms with Crippen molar-refractivity contribution in [3.05, 3.63) is 69.3 Å². The number of ketones is 1. The third kappa shape index (κ3) is 4.11. The Bertz CT molecular complexity index is 769. The molecule has 1 heterocycles. The predicted molar refractivity (Wildman–Crippen MR) is 82.0 cm³/mol. The third-order valence-electron chi connectivity index (χ3n) is 3.65. The molecule has 1 aromatic heterocycles. The topological polar surface area (TPSA) is 86.0 Å². The first-order valence-electron chi connectivity index (χ1n) is 6.89. The lowest BCUT2D eigenvalue weighted by molar-refractivity contribution is -0.501. The maximum Gasteiger partial charge on any atom is 0.405 e. The maximum atomic E-state index is 13.9. The van der Waals surface area contributed by atoms with Crippen molar-refractivity contribution in [1.82, 2.24) is 9.97 Å². The predicted octanol–water partition coefficient (Wildman–Crippen LogP) is 3.48. The minimum atomic E-state index is -5.05. The van der Waals surface area contributed by atoms with E-state index in [1.54, 1.807) is 0 Å². The second kappa shape index (κ2) is 7.14. The number of carbonyl (C=O) groups excluding carboxylic acids is 1. The first kappa shape index (κ1) is 18.8. The van der Waals surface area contributed by atoms with Gasteiger partial charge < -0.3 is 0 Å². The van der Waals surface area contributed by atoms with Crippen LogP contribution in [0.4, 0.5) is 13.2 Å². The average molecular weight is 374 g/mol. The molecule has 25 heavy (non-hydrogen) atoms. The van der Waals surface area contributed by atoms with Crippen LogP contribution in [0, 0.1) is 10.1 Å². The van der Waals surface area contributed by atoms with E-state index in [9.17, 15) is 28.1 Å². The summed E-state index contributed by atoms with van der Waals surface area (Å²) in [6.45, 7) is -1.50. The van der Waals surface area contributed by atoms with Gasteiger partial charge in [0.05, 0.1) is 6.20 Å². The van der Waals surface area contributed by atoms with Crippen molar-refractivity contribution in [3.63, 3.8) is 0 Å². The lowest BCUT2D eigenvalue weighted by Gasteiger charge is -2.32. The van der Waals surface area contributed by atoms with Crippen molar-refractivity contribution in [2.45, 2.75) is 18.0 Å². The van der Waals surface area contributed by atoms with Gasteiger partial charge >= 0.3 is 6.18 Å². The zero-order chi connectivity index (χ0) is 18.7. The minimum absolute atomic E-state index is 0.168. The number of nitro groups is 1. The molecule has 1 aromatic carbocycles. The summed E-state index contributed by atoms with van der Waals surface area (Å²) < 4.78 is 41.6. The molecule has 0 bridgehead atoms. The van der Waals surface area contributed by atoms with Crippen LogP contribution < -0.4 is 0 Å². The van der Waals surface area contributed by atoms with E-state index in [4.69, 9.17) is 11.6 Å². The molecule has 0 amide bonds. The summed E-state index contributed by atoms with van der Waals surface area (Å²) in [6, 6.07) is 4.43. The summed E-state index contributed by atoms with van der Waals surface area (Å²) in [5, 5.41) is 11.1. The van der Waals surface area contributed by atoms with Crippen molar-refractivity contribution in [2.24, 2.45) is 0 Å². The Labute approximate surface area is 144 Å². The highest BCUT2D eigenvalue weighted by Gasteiger charge is 2.60. The normalized spacial score (nSPS) is 13.9. The van der Waals surface area contributed by atoms with Crippen molar-refractivity contribution < 1.29 is 22.9 Å². The van der Waals surface area contributed by atoms with Gasteiger partial charge in [0.2, 0.25) is 6.54 Å². The Morgan fingerprint density at radius 2 is 1.84 bits per heavy atom. The Morgan fingerprint density at radius 1 is 1.20 bits per heavy atom. The number of aromatic nitrogens is 2. The molecule has 0 saturated carbocycles. The van der Waals surface area contributed by atoms with Crippen molar-refractivity contribution in [3.8, 4) is 0 Å². The van der Waals surface area contributed by atoms with Crippen LogP contribution in [0.25, 0.3) is 0 Å². The molecule has 0 spiro atoms. The minimum Gasteiger partial charge on any atom is -0.292 e. The number of nitrogens with zero attached hydrogens (tertiary/aromatic N) is 3. The van der Waals surface area contributed by atoms with Crippen LogP contribution in [0.5, 0.6) is 0 Å². The van der Waals surface area contributed by atoms with E-state index in [2.05, 4.69) is 9.97 Å².